The van der Waals surface area contributed by atoms with Gasteiger partial charge in [0.2, 0.25) is 0 Å². The van der Waals surface area contributed by atoms with Gasteiger partial charge in [0.25, 0.3) is 0 Å². The average Bonchev–Trinajstić information content (AvgIpc) is 2.96. The maximum atomic E-state index is 11.2. The Kier molecular flexibility index (Phi) is 5.15. The highest BCUT2D eigenvalue weighted by molar-refractivity contribution is 5.69. The first-order valence-corrected chi connectivity index (χ1v) is 11.7. The van der Waals surface area contributed by atoms with Crippen molar-refractivity contribution in [1.29, 1.82) is 0 Å². The van der Waals surface area contributed by atoms with E-state index in [1.165, 1.54) is 51.4 Å². The van der Waals surface area contributed by atoms with E-state index in [0.29, 0.717) is 34.5 Å². The lowest BCUT2D eigenvalue weighted by atomic mass is 9.44. The molecule has 0 bridgehead atoms. The molecule has 0 spiro atoms. The van der Waals surface area contributed by atoms with Crippen molar-refractivity contribution in [2.45, 2.75) is 97.5 Å². The van der Waals surface area contributed by atoms with Gasteiger partial charge < -0.3 is 10.2 Å². The molecule has 4 fully saturated rings. The Labute approximate surface area is 165 Å². The fourth-order valence-electron chi connectivity index (χ4n) is 8.41. The standard InChI is InChI=1S/C24H40O3/c1-15(22(26)27)7-8-16-9-10-18-21-19(11-13-24(16,18)3)23(2)12-5-4-6-17(23)14-20(21)25/h15-21,25H,4-14H2,1-3H3,(H,26,27)/t15-,16?,17?,18?,19?,20-,21?,23+,24-/m1/s1. The van der Waals surface area contributed by atoms with Gasteiger partial charge in [-0.25, -0.2) is 0 Å². The Bertz CT molecular complexity index is 574. The number of aliphatic hydroxyl groups is 1. The van der Waals surface area contributed by atoms with E-state index in [9.17, 15) is 15.0 Å². The molecule has 0 saturated heterocycles. The summed E-state index contributed by atoms with van der Waals surface area (Å²) in [7, 11) is 0. The van der Waals surface area contributed by atoms with Crippen molar-refractivity contribution in [3.63, 3.8) is 0 Å². The lowest BCUT2D eigenvalue weighted by Gasteiger charge is -2.62. The van der Waals surface area contributed by atoms with E-state index >= 15 is 0 Å². The van der Waals surface area contributed by atoms with Crippen LogP contribution in [0, 0.1) is 46.3 Å². The summed E-state index contributed by atoms with van der Waals surface area (Å²) >= 11 is 0. The zero-order chi connectivity index (χ0) is 19.4. The average molecular weight is 377 g/mol. The topological polar surface area (TPSA) is 57.5 Å². The minimum absolute atomic E-state index is 0.104. The van der Waals surface area contributed by atoms with Crippen LogP contribution in [0.15, 0.2) is 0 Å². The summed E-state index contributed by atoms with van der Waals surface area (Å²) in [6.07, 6.45) is 13.3. The van der Waals surface area contributed by atoms with Gasteiger partial charge >= 0.3 is 5.97 Å². The fourth-order valence-corrected chi connectivity index (χ4v) is 8.41. The summed E-state index contributed by atoms with van der Waals surface area (Å²) in [4.78, 5) is 11.2. The van der Waals surface area contributed by atoms with Gasteiger partial charge in [0, 0.05) is 0 Å². The van der Waals surface area contributed by atoms with Crippen molar-refractivity contribution >= 4 is 5.97 Å². The van der Waals surface area contributed by atoms with Gasteiger partial charge in [-0.3, -0.25) is 4.79 Å². The molecule has 4 saturated carbocycles. The van der Waals surface area contributed by atoms with Crippen LogP contribution in [0.5, 0.6) is 0 Å². The quantitative estimate of drug-likeness (QED) is 0.680. The van der Waals surface area contributed by atoms with Crippen LogP contribution in [0.1, 0.15) is 91.4 Å². The van der Waals surface area contributed by atoms with Gasteiger partial charge in [-0.1, -0.05) is 33.6 Å². The monoisotopic (exact) mass is 376 g/mol. The summed E-state index contributed by atoms with van der Waals surface area (Å²) < 4.78 is 0. The van der Waals surface area contributed by atoms with E-state index < -0.39 is 5.97 Å². The summed E-state index contributed by atoms with van der Waals surface area (Å²) in [5.41, 5.74) is 0.775. The van der Waals surface area contributed by atoms with Crippen molar-refractivity contribution in [1.82, 2.24) is 0 Å². The third kappa shape index (κ3) is 3.07. The third-order valence-corrected chi connectivity index (χ3v) is 10.2. The summed E-state index contributed by atoms with van der Waals surface area (Å²) in [6.45, 7) is 6.89. The zero-order valence-electron chi connectivity index (χ0n) is 17.6. The predicted octanol–water partition coefficient (Wildman–Crippen LogP) is 5.51. The van der Waals surface area contributed by atoms with Crippen LogP contribution in [0.3, 0.4) is 0 Å². The molecular weight excluding hydrogens is 336 g/mol. The molecule has 154 valence electrons. The van der Waals surface area contributed by atoms with Crippen LogP contribution in [0.4, 0.5) is 0 Å². The van der Waals surface area contributed by atoms with Crippen LogP contribution < -0.4 is 0 Å². The van der Waals surface area contributed by atoms with Crippen molar-refractivity contribution in [2.75, 3.05) is 0 Å². The van der Waals surface area contributed by atoms with Crippen LogP contribution in [0.25, 0.3) is 0 Å². The fraction of sp³-hybridized carbons (Fsp3) is 0.958. The first kappa shape index (κ1) is 19.7. The Morgan fingerprint density at radius 3 is 2.52 bits per heavy atom. The molecule has 0 aromatic heterocycles. The molecule has 0 aromatic carbocycles. The lowest BCUT2D eigenvalue weighted by Crippen LogP contribution is -2.57. The van der Waals surface area contributed by atoms with Gasteiger partial charge in [0.05, 0.1) is 12.0 Å². The normalized spacial score (nSPS) is 50.4. The third-order valence-electron chi connectivity index (χ3n) is 10.2. The molecule has 2 N–H and O–H groups in total. The molecule has 4 aliphatic rings. The zero-order valence-corrected chi connectivity index (χ0v) is 17.6. The molecule has 0 heterocycles. The maximum absolute atomic E-state index is 11.2. The summed E-state index contributed by atoms with van der Waals surface area (Å²) in [6, 6.07) is 0. The van der Waals surface area contributed by atoms with Crippen molar-refractivity contribution < 1.29 is 15.0 Å². The number of fused-ring (bicyclic) bond motifs is 5. The second kappa shape index (κ2) is 7.04. The number of aliphatic hydroxyl groups excluding tert-OH is 1. The Morgan fingerprint density at radius 1 is 1.04 bits per heavy atom. The van der Waals surface area contributed by atoms with Crippen LogP contribution in [-0.2, 0) is 4.79 Å². The minimum Gasteiger partial charge on any atom is -0.481 e. The van der Waals surface area contributed by atoms with Gasteiger partial charge in [0.1, 0.15) is 0 Å². The van der Waals surface area contributed by atoms with E-state index in [4.69, 9.17) is 0 Å². The molecule has 0 amide bonds. The number of hydrogen-bond donors (Lipinski definition) is 2. The highest BCUT2D eigenvalue weighted by atomic mass is 16.4. The van der Waals surface area contributed by atoms with Crippen molar-refractivity contribution in [3.8, 4) is 0 Å². The van der Waals surface area contributed by atoms with Crippen molar-refractivity contribution in [2.24, 2.45) is 46.3 Å². The maximum Gasteiger partial charge on any atom is 0.306 e. The van der Waals surface area contributed by atoms with E-state index in [2.05, 4.69) is 13.8 Å². The SMILES string of the molecule is C[C@H](CCC1CCC2C3C(CC[C@]12C)[C@@]1(C)CCCCC1C[C@H]3O)C(=O)O. The smallest absolute Gasteiger partial charge is 0.306 e. The Hall–Kier alpha value is -0.570. The number of rotatable bonds is 4. The molecule has 5 unspecified atom stereocenters. The van der Waals surface area contributed by atoms with E-state index in [1.54, 1.807) is 0 Å². The minimum atomic E-state index is -0.655. The molecule has 0 radical (unpaired) electrons. The molecule has 27 heavy (non-hydrogen) atoms. The molecule has 0 aromatic rings. The van der Waals surface area contributed by atoms with E-state index in [1.807, 2.05) is 6.92 Å². The van der Waals surface area contributed by atoms with Gasteiger partial charge in [-0.2, -0.15) is 0 Å². The number of hydrogen-bond acceptors (Lipinski definition) is 2. The summed E-state index contributed by atoms with van der Waals surface area (Å²) in [5, 5.41) is 20.5. The largest absolute Gasteiger partial charge is 0.481 e. The van der Waals surface area contributed by atoms with Gasteiger partial charge in [0.15, 0.2) is 0 Å². The Balaban J connectivity index is 1.53. The number of carbonyl (C=O) groups is 1. The van der Waals surface area contributed by atoms with E-state index in [0.717, 1.165) is 25.2 Å². The number of carboxylic acids is 1. The molecule has 9 atom stereocenters. The lowest BCUT2D eigenvalue weighted by molar-refractivity contribution is -0.162. The van der Waals surface area contributed by atoms with Gasteiger partial charge in [-0.15, -0.1) is 0 Å². The van der Waals surface area contributed by atoms with Crippen LogP contribution in [-0.4, -0.2) is 22.3 Å². The number of aliphatic carboxylic acids is 1. The molecule has 3 nitrogen and oxygen atoms in total. The Morgan fingerprint density at radius 2 is 1.78 bits per heavy atom. The number of carboxylic acid groups (broad SMARTS) is 1. The van der Waals surface area contributed by atoms with Crippen LogP contribution in [0.2, 0.25) is 0 Å². The first-order chi connectivity index (χ1) is 12.8. The van der Waals surface area contributed by atoms with Gasteiger partial charge in [-0.05, 0) is 98.2 Å². The molecule has 4 rings (SSSR count). The molecular formula is C24H40O3. The van der Waals surface area contributed by atoms with Crippen LogP contribution >= 0.6 is 0 Å². The predicted molar refractivity (Wildman–Crippen MR) is 107 cm³/mol. The molecule has 4 aliphatic carbocycles. The highest BCUT2D eigenvalue weighted by Crippen LogP contribution is 2.67. The second-order valence-corrected chi connectivity index (χ2v) is 11.2. The second-order valence-electron chi connectivity index (χ2n) is 11.2. The summed E-state index contributed by atoms with van der Waals surface area (Å²) in [5.74, 6) is 2.35. The highest BCUT2D eigenvalue weighted by Gasteiger charge is 2.61. The molecule has 3 heteroatoms. The van der Waals surface area contributed by atoms with Crippen molar-refractivity contribution in [3.05, 3.63) is 0 Å². The first-order valence-electron chi connectivity index (χ1n) is 11.7. The van der Waals surface area contributed by atoms with E-state index in [-0.39, 0.29) is 12.0 Å². The molecule has 0 aliphatic heterocycles.